The lowest BCUT2D eigenvalue weighted by Crippen LogP contribution is -2.03. The van der Waals surface area contributed by atoms with Crippen LogP contribution in [0.5, 0.6) is 0 Å². The van der Waals surface area contributed by atoms with Crippen molar-refractivity contribution in [2.75, 3.05) is 0 Å². The number of allylic oxidation sites excluding steroid dienone is 2. The zero-order chi connectivity index (χ0) is 11.3. The lowest BCUT2D eigenvalue weighted by molar-refractivity contribution is -0.117. The highest BCUT2D eigenvalue weighted by Gasteiger charge is 2.28. The van der Waals surface area contributed by atoms with E-state index in [1.54, 1.807) is 6.07 Å². The zero-order valence-corrected chi connectivity index (χ0v) is 8.67. The third-order valence-corrected chi connectivity index (χ3v) is 3.34. The number of carbonyl (C=O) groups excluding carboxylic acids is 1. The minimum atomic E-state index is -0.925. The maximum atomic E-state index is 11.3. The second-order valence-electron chi connectivity index (χ2n) is 4.44. The quantitative estimate of drug-likeness (QED) is 0.700. The minimum absolute atomic E-state index is 0.248. The molecule has 0 bridgehead atoms. The molecular weight excluding hydrogens is 206 g/mol. The fourth-order valence-corrected chi connectivity index (χ4v) is 2.58. The Morgan fingerprint density at radius 3 is 2.56 bits per heavy atom. The van der Waals surface area contributed by atoms with Crippen molar-refractivity contribution in [3.8, 4) is 0 Å². The number of rotatable bonds is 1. The summed E-state index contributed by atoms with van der Waals surface area (Å²) >= 11 is 0. The average Bonchev–Trinajstić information content (AvgIpc) is 2.74. The number of carboxylic acids is 1. The fourth-order valence-electron chi connectivity index (χ4n) is 2.58. The summed E-state index contributed by atoms with van der Waals surface area (Å²) in [6, 6.07) is 1.68. The Hall–Kier alpha value is -1.84. The van der Waals surface area contributed by atoms with Gasteiger partial charge in [-0.3, -0.25) is 4.79 Å². The number of ketones is 1. The molecule has 0 amide bonds. The van der Waals surface area contributed by atoms with Crippen LogP contribution < -0.4 is 0 Å². The van der Waals surface area contributed by atoms with E-state index in [0.717, 1.165) is 17.7 Å². The summed E-state index contributed by atoms with van der Waals surface area (Å²) in [5, 5.41) is 8.88. The molecule has 1 aromatic rings. The second kappa shape index (κ2) is 3.07. The summed E-state index contributed by atoms with van der Waals surface area (Å²) in [6.45, 7) is 0. The fraction of sp³-hybridized carbons (Fsp3) is 0.333. The van der Waals surface area contributed by atoms with Gasteiger partial charge in [0.2, 0.25) is 0 Å². The normalized spacial score (nSPS) is 18.6. The van der Waals surface area contributed by atoms with E-state index in [0.29, 0.717) is 19.3 Å². The molecule has 2 N–H and O–H groups in total. The SMILES string of the molecule is O=C1CC2=C(C1)Cc1[nH]c(C(=O)O)cc1C2. The lowest BCUT2D eigenvalue weighted by atomic mass is 9.92. The number of nitrogens with one attached hydrogen (secondary N) is 1. The van der Waals surface area contributed by atoms with Crippen LogP contribution in [0.1, 0.15) is 34.6 Å². The lowest BCUT2D eigenvalue weighted by Gasteiger charge is -2.13. The number of carbonyl (C=O) groups is 2. The predicted octanol–water partition coefficient (Wildman–Crippen LogP) is 1.47. The van der Waals surface area contributed by atoms with Gasteiger partial charge in [0, 0.05) is 25.0 Å². The highest BCUT2D eigenvalue weighted by molar-refractivity contribution is 5.88. The van der Waals surface area contributed by atoms with Crippen molar-refractivity contribution in [1.82, 2.24) is 4.98 Å². The number of hydrogen-bond donors (Lipinski definition) is 2. The van der Waals surface area contributed by atoms with Gasteiger partial charge in [-0.1, -0.05) is 11.1 Å². The van der Waals surface area contributed by atoms with E-state index >= 15 is 0 Å². The molecule has 0 aromatic carbocycles. The van der Waals surface area contributed by atoms with Crippen LogP contribution in [0.15, 0.2) is 17.2 Å². The maximum Gasteiger partial charge on any atom is 0.352 e. The molecule has 1 heterocycles. The van der Waals surface area contributed by atoms with Crippen molar-refractivity contribution >= 4 is 11.8 Å². The molecule has 0 aliphatic heterocycles. The molecule has 4 heteroatoms. The Bertz CT molecular complexity index is 499. The minimum Gasteiger partial charge on any atom is -0.477 e. The van der Waals surface area contributed by atoms with Crippen molar-refractivity contribution in [3.05, 3.63) is 34.2 Å². The number of aromatic carboxylic acids is 1. The molecule has 0 atom stereocenters. The van der Waals surface area contributed by atoms with Gasteiger partial charge in [0.1, 0.15) is 11.5 Å². The molecule has 2 aliphatic rings. The van der Waals surface area contributed by atoms with E-state index < -0.39 is 5.97 Å². The van der Waals surface area contributed by atoms with E-state index in [9.17, 15) is 9.59 Å². The summed E-state index contributed by atoms with van der Waals surface area (Å²) in [5.74, 6) is -0.640. The summed E-state index contributed by atoms with van der Waals surface area (Å²) in [7, 11) is 0. The third-order valence-electron chi connectivity index (χ3n) is 3.34. The van der Waals surface area contributed by atoms with Gasteiger partial charge in [-0.15, -0.1) is 0 Å². The van der Waals surface area contributed by atoms with Gasteiger partial charge in [-0.2, -0.15) is 0 Å². The van der Waals surface area contributed by atoms with Gasteiger partial charge in [0.05, 0.1) is 0 Å². The molecule has 0 fully saturated rings. The number of Topliss-reactive ketones (excluding diaryl/α,β-unsaturated/α-hetero) is 1. The predicted molar refractivity (Wildman–Crippen MR) is 56.4 cm³/mol. The van der Waals surface area contributed by atoms with E-state index in [-0.39, 0.29) is 11.5 Å². The van der Waals surface area contributed by atoms with Gasteiger partial charge < -0.3 is 10.1 Å². The molecule has 2 aliphatic carbocycles. The summed E-state index contributed by atoms with van der Waals surface area (Å²) in [6.07, 6.45) is 2.56. The first-order valence-electron chi connectivity index (χ1n) is 5.29. The van der Waals surface area contributed by atoms with E-state index in [4.69, 9.17) is 5.11 Å². The van der Waals surface area contributed by atoms with Crippen LogP contribution in [0.4, 0.5) is 0 Å². The van der Waals surface area contributed by atoms with E-state index in [1.807, 2.05) is 0 Å². The Morgan fingerprint density at radius 1 is 1.19 bits per heavy atom. The molecule has 1 aromatic heterocycles. The van der Waals surface area contributed by atoms with Crippen LogP contribution in [0.2, 0.25) is 0 Å². The Morgan fingerprint density at radius 2 is 1.88 bits per heavy atom. The molecule has 0 unspecified atom stereocenters. The first-order chi connectivity index (χ1) is 7.63. The van der Waals surface area contributed by atoms with Crippen LogP contribution in [0.3, 0.4) is 0 Å². The molecule has 0 saturated carbocycles. The zero-order valence-electron chi connectivity index (χ0n) is 8.67. The largest absolute Gasteiger partial charge is 0.477 e. The molecule has 0 spiro atoms. The first-order valence-corrected chi connectivity index (χ1v) is 5.29. The summed E-state index contributed by atoms with van der Waals surface area (Å²) in [5.41, 5.74) is 4.64. The maximum absolute atomic E-state index is 11.3. The van der Waals surface area contributed by atoms with Crippen LogP contribution in [-0.4, -0.2) is 21.8 Å². The van der Waals surface area contributed by atoms with Crippen molar-refractivity contribution in [1.29, 1.82) is 0 Å². The Balaban J connectivity index is 1.95. The molecule has 16 heavy (non-hydrogen) atoms. The number of hydrogen-bond acceptors (Lipinski definition) is 2. The molecule has 3 rings (SSSR count). The van der Waals surface area contributed by atoms with Crippen molar-refractivity contribution in [2.45, 2.75) is 25.7 Å². The van der Waals surface area contributed by atoms with Crippen molar-refractivity contribution < 1.29 is 14.7 Å². The molecule has 0 saturated heterocycles. The van der Waals surface area contributed by atoms with Gasteiger partial charge >= 0.3 is 5.97 Å². The molecule has 0 radical (unpaired) electrons. The number of carboxylic acid groups (broad SMARTS) is 1. The van der Waals surface area contributed by atoms with Crippen molar-refractivity contribution in [2.24, 2.45) is 0 Å². The third kappa shape index (κ3) is 1.30. The first kappa shape index (κ1) is 9.39. The topological polar surface area (TPSA) is 70.2 Å². The number of H-pyrrole nitrogens is 1. The Kier molecular flexibility index (Phi) is 1.80. The van der Waals surface area contributed by atoms with Crippen LogP contribution >= 0.6 is 0 Å². The summed E-state index contributed by atoms with van der Waals surface area (Å²) < 4.78 is 0. The van der Waals surface area contributed by atoms with Gasteiger partial charge in [0.15, 0.2) is 0 Å². The average molecular weight is 217 g/mol. The van der Waals surface area contributed by atoms with E-state index in [2.05, 4.69) is 4.98 Å². The highest BCUT2D eigenvalue weighted by Crippen LogP contribution is 2.34. The number of aromatic nitrogens is 1. The summed E-state index contributed by atoms with van der Waals surface area (Å²) in [4.78, 5) is 25.0. The molecule has 4 nitrogen and oxygen atoms in total. The molecular formula is C12H11NO3. The highest BCUT2D eigenvalue weighted by atomic mass is 16.4. The second-order valence-corrected chi connectivity index (χ2v) is 4.44. The van der Waals surface area contributed by atoms with Crippen LogP contribution in [0, 0.1) is 0 Å². The van der Waals surface area contributed by atoms with E-state index in [1.165, 1.54) is 11.1 Å². The number of fused-ring (bicyclic) bond motifs is 1. The monoisotopic (exact) mass is 217 g/mol. The Labute approximate surface area is 92.0 Å². The van der Waals surface area contributed by atoms with Gasteiger partial charge in [-0.25, -0.2) is 4.79 Å². The molecule has 82 valence electrons. The van der Waals surface area contributed by atoms with Gasteiger partial charge in [-0.05, 0) is 18.1 Å². The van der Waals surface area contributed by atoms with Crippen molar-refractivity contribution in [3.63, 3.8) is 0 Å². The van der Waals surface area contributed by atoms with Crippen LogP contribution in [0.25, 0.3) is 0 Å². The van der Waals surface area contributed by atoms with Crippen LogP contribution in [-0.2, 0) is 17.6 Å². The smallest absolute Gasteiger partial charge is 0.352 e. The number of aromatic amines is 1. The standard InChI is InChI=1S/C12H11NO3/c14-9-2-6-1-8-5-11(12(15)16)13-10(8)4-7(6)3-9/h5,13H,1-4H2,(H,15,16). The van der Waals surface area contributed by atoms with Gasteiger partial charge in [0.25, 0.3) is 0 Å².